The molecule has 2 heteroatoms. The fraction of sp³-hybridized carbons (Fsp3) is 1.00. The van der Waals surface area contributed by atoms with Crippen LogP contribution in [0, 0.1) is 0 Å². The van der Waals surface area contributed by atoms with Gasteiger partial charge in [-0.05, 0) is 25.7 Å². The van der Waals surface area contributed by atoms with Crippen LogP contribution in [0.1, 0.15) is 39.5 Å². The van der Waals surface area contributed by atoms with Crippen LogP contribution < -0.4 is 0 Å². The lowest BCUT2D eigenvalue weighted by molar-refractivity contribution is 0.296. The summed E-state index contributed by atoms with van der Waals surface area (Å²) in [7, 11) is 2.26. The van der Waals surface area contributed by atoms with Gasteiger partial charge in [-0.15, -0.1) is 0 Å². The largest absolute Gasteiger partial charge is 0.240 e. The van der Waals surface area contributed by atoms with Crippen LogP contribution >= 0.6 is 9.24 Å². The van der Waals surface area contributed by atoms with Crippen molar-refractivity contribution in [2.45, 2.75) is 44.9 Å². The second-order valence-corrected chi connectivity index (χ2v) is 3.28. The highest BCUT2D eigenvalue weighted by Gasteiger charge is 2.27. The number of hydrogen-bond donors (Lipinski definition) is 0. The molecule has 1 rings (SSSR count). The minimum absolute atomic E-state index is 0.748. The van der Waals surface area contributed by atoms with Gasteiger partial charge in [0.15, 0.2) is 0 Å². The molecule has 1 saturated carbocycles. The predicted octanol–water partition coefficient (Wildman–Crippen LogP) is 3.13. The molecule has 0 bridgehead atoms. The van der Waals surface area contributed by atoms with E-state index >= 15 is 0 Å². The molecule has 0 saturated heterocycles. The first kappa shape index (κ1) is 9.36. The van der Waals surface area contributed by atoms with Gasteiger partial charge in [0.25, 0.3) is 0 Å². The van der Waals surface area contributed by atoms with Crippen LogP contribution in [-0.2, 0) is 0 Å². The summed E-state index contributed by atoms with van der Waals surface area (Å²) < 4.78 is 12.6. The van der Waals surface area contributed by atoms with Crippen LogP contribution in [0.15, 0.2) is 0 Å². The summed E-state index contributed by atoms with van der Waals surface area (Å²) >= 11 is 0. The average Bonchev–Trinajstić information content (AvgIpc) is 2.19. The van der Waals surface area contributed by atoms with Gasteiger partial charge >= 0.3 is 0 Å². The third kappa shape index (κ3) is 3.86. The van der Waals surface area contributed by atoms with Gasteiger partial charge in [-0.2, -0.15) is 0 Å². The lowest BCUT2D eigenvalue weighted by Crippen LogP contribution is -2.03. The van der Waals surface area contributed by atoms with Crippen LogP contribution in [0.5, 0.6) is 0 Å². The molecule has 0 aromatic carbocycles. The van der Waals surface area contributed by atoms with Crippen molar-refractivity contribution >= 4 is 9.24 Å². The van der Waals surface area contributed by atoms with Crippen molar-refractivity contribution in [2.24, 2.45) is 0 Å². The van der Waals surface area contributed by atoms with E-state index in [1.54, 1.807) is 0 Å². The molecule has 9 heavy (non-hydrogen) atoms. The molecule has 0 aliphatic heterocycles. The van der Waals surface area contributed by atoms with Crippen molar-refractivity contribution in [1.82, 2.24) is 0 Å². The smallest absolute Gasteiger partial charge is 0.123 e. The Bertz CT molecular complexity index is 63.3. The van der Waals surface area contributed by atoms with Crippen molar-refractivity contribution < 1.29 is 4.39 Å². The molecule has 56 valence electrons. The van der Waals surface area contributed by atoms with Gasteiger partial charge in [-0.1, -0.05) is 23.1 Å². The first-order chi connectivity index (χ1) is 4.21. The maximum Gasteiger partial charge on any atom is 0.123 e. The standard InChI is InChI=1S/C5H10FP.C2H6/c6-5(7)3-1-2-4-5;1-2/h1-4,7H2;1-2H3. The zero-order chi connectivity index (χ0) is 7.33. The van der Waals surface area contributed by atoms with Gasteiger partial charge in [0.1, 0.15) is 5.41 Å². The molecule has 0 heterocycles. The molecular weight excluding hydrogens is 134 g/mol. The summed E-state index contributed by atoms with van der Waals surface area (Å²) in [6, 6.07) is 0. The minimum atomic E-state index is -0.889. The van der Waals surface area contributed by atoms with E-state index in [0.717, 1.165) is 25.7 Å². The third-order valence-corrected chi connectivity index (χ3v) is 2.01. The summed E-state index contributed by atoms with van der Waals surface area (Å²) in [4.78, 5) is 0. The fourth-order valence-electron chi connectivity index (χ4n) is 0.963. The maximum atomic E-state index is 12.6. The first-order valence-electron chi connectivity index (χ1n) is 3.68. The number of alkyl halides is 1. The van der Waals surface area contributed by atoms with E-state index in [2.05, 4.69) is 9.24 Å². The van der Waals surface area contributed by atoms with Crippen molar-refractivity contribution in [3.63, 3.8) is 0 Å². The highest BCUT2D eigenvalue weighted by atomic mass is 31.0. The lowest BCUT2D eigenvalue weighted by Gasteiger charge is -2.08. The Labute approximate surface area is 59.4 Å². The van der Waals surface area contributed by atoms with E-state index in [1.165, 1.54) is 0 Å². The zero-order valence-corrected chi connectivity index (χ0v) is 7.44. The van der Waals surface area contributed by atoms with Crippen LogP contribution in [0.25, 0.3) is 0 Å². The summed E-state index contributed by atoms with van der Waals surface area (Å²) in [5.74, 6) is 0. The van der Waals surface area contributed by atoms with E-state index in [4.69, 9.17) is 0 Å². The molecule has 0 spiro atoms. The van der Waals surface area contributed by atoms with Crippen molar-refractivity contribution in [3.05, 3.63) is 0 Å². The summed E-state index contributed by atoms with van der Waals surface area (Å²) in [5, 5.41) is -0.889. The molecule has 1 aliphatic rings. The molecule has 0 amide bonds. The lowest BCUT2D eigenvalue weighted by atomic mass is 10.3. The van der Waals surface area contributed by atoms with Crippen LogP contribution in [0.2, 0.25) is 0 Å². The van der Waals surface area contributed by atoms with Gasteiger partial charge in [0, 0.05) is 0 Å². The minimum Gasteiger partial charge on any atom is -0.240 e. The SMILES string of the molecule is CC.FC1(P)CCCC1. The van der Waals surface area contributed by atoms with Crippen LogP contribution in [-0.4, -0.2) is 5.41 Å². The zero-order valence-electron chi connectivity index (χ0n) is 6.28. The topological polar surface area (TPSA) is 0 Å². The molecular formula is C7H16FP. The molecule has 0 nitrogen and oxygen atoms in total. The Morgan fingerprint density at radius 2 is 1.56 bits per heavy atom. The molecule has 0 aromatic heterocycles. The molecule has 0 aromatic rings. The summed E-state index contributed by atoms with van der Waals surface area (Å²) in [6.45, 7) is 4.00. The third-order valence-electron chi connectivity index (χ3n) is 1.43. The molecule has 0 radical (unpaired) electrons. The van der Waals surface area contributed by atoms with E-state index in [1.807, 2.05) is 13.8 Å². The first-order valence-corrected chi connectivity index (χ1v) is 4.26. The van der Waals surface area contributed by atoms with Gasteiger partial charge in [-0.3, -0.25) is 0 Å². The maximum absolute atomic E-state index is 12.6. The second-order valence-electron chi connectivity index (χ2n) is 2.24. The monoisotopic (exact) mass is 150 g/mol. The number of hydrogen-bond acceptors (Lipinski definition) is 0. The van der Waals surface area contributed by atoms with Crippen molar-refractivity contribution in [2.75, 3.05) is 0 Å². The van der Waals surface area contributed by atoms with Crippen molar-refractivity contribution in [3.8, 4) is 0 Å². The molecule has 1 atom stereocenters. The van der Waals surface area contributed by atoms with Crippen molar-refractivity contribution in [1.29, 1.82) is 0 Å². The fourth-order valence-corrected chi connectivity index (χ4v) is 1.37. The number of rotatable bonds is 0. The van der Waals surface area contributed by atoms with E-state index < -0.39 is 5.41 Å². The Hall–Kier alpha value is 0.360. The number of halogens is 1. The van der Waals surface area contributed by atoms with E-state index in [-0.39, 0.29) is 0 Å². The normalized spacial score (nSPS) is 22.7. The Morgan fingerprint density at radius 3 is 1.67 bits per heavy atom. The average molecular weight is 150 g/mol. The molecule has 1 aliphatic carbocycles. The van der Waals surface area contributed by atoms with Crippen LogP contribution in [0.4, 0.5) is 4.39 Å². The van der Waals surface area contributed by atoms with E-state index in [0.29, 0.717) is 0 Å². The quantitative estimate of drug-likeness (QED) is 0.465. The summed E-state index contributed by atoms with van der Waals surface area (Å²) in [5.41, 5.74) is 0. The van der Waals surface area contributed by atoms with Gasteiger partial charge in [0.2, 0.25) is 0 Å². The van der Waals surface area contributed by atoms with Crippen LogP contribution in [0.3, 0.4) is 0 Å². The molecule has 1 unspecified atom stereocenters. The van der Waals surface area contributed by atoms with Gasteiger partial charge < -0.3 is 0 Å². The Morgan fingerprint density at radius 1 is 1.22 bits per heavy atom. The van der Waals surface area contributed by atoms with E-state index in [9.17, 15) is 4.39 Å². The predicted molar refractivity (Wildman–Crippen MR) is 43.4 cm³/mol. The molecule has 0 N–H and O–H groups in total. The summed E-state index contributed by atoms with van der Waals surface area (Å²) in [6.07, 6.45) is 3.63. The Balaban J connectivity index is 0.000000291. The van der Waals surface area contributed by atoms with Gasteiger partial charge in [-0.25, -0.2) is 4.39 Å². The second kappa shape index (κ2) is 4.22. The molecule has 1 fully saturated rings. The van der Waals surface area contributed by atoms with Gasteiger partial charge in [0.05, 0.1) is 0 Å². The highest BCUT2D eigenvalue weighted by Crippen LogP contribution is 2.38. The Kier molecular flexibility index (Phi) is 4.39. The highest BCUT2D eigenvalue weighted by molar-refractivity contribution is 7.18.